The van der Waals surface area contributed by atoms with Crippen LogP contribution in [0.4, 0.5) is 5.69 Å². The average molecular weight is 182 g/mol. The van der Waals surface area contributed by atoms with Gasteiger partial charge in [0.05, 0.1) is 6.61 Å². The Kier molecular flexibility index (Phi) is 2.08. The summed E-state index contributed by atoms with van der Waals surface area (Å²) in [5.41, 5.74) is 0.435. The zero-order chi connectivity index (χ0) is 12.2. The highest BCUT2D eigenvalue weighted by atomic mass is 16.5. The molecule has 0 aliphatic heterocycles. The molecule has 0 aromatic heterocycles. The molecule has 3 nitrogen and oxygen atoms in total. The maximum Gasteiger partial charge on any atom is 0.221 e. The van der Waals surface area contributed by atoms with Gasteiger partial charge in [0, 0.05) is 16.7 Å². The highest BCUT2D eigenvalue weighted by Crippen LogP contribution is 2.15. The van der Waals surface area contributed by atoms with E-state index in [1.54, 1.807) is 24.3 Å². The molecule has 0 heterocycles. The molecule has 0 radical (unpaired) electrons. The van der Waals surface area contributed by atoms with Crippen LogP contribution < -0.4 is 10.1 Å². The number of nitrogens with one attached hydrogen (secondary N) is 1. The molecule has 70 valence electrons. The van der Waals surface area contributed by atoms with Crippen LogP contribution in [0.5, 0.6) is 5.75 Å². The van der Waals surface area contributed by atoms with Crippen LogP contribution in [0.15, 0.2) is 24.3 Å². The summed E-state index contributed by atoms with van der Waals surface area (Å²) in [5.74, 6) is -0.314. The van der Waals surface area contributed by atoms with Gasteiger partial charge in [-0.05, 0) is 31.2 Å². The van der Waals surface area contributed by atoms with Gasteiger partial charge in [-0.3, -0.25) is 4.79 Å². The molecule has 0 fully saturated rings. The van der Waals surface area contributed by atoms with Crippen LogP contribution >= 0.6 is 0 Å². The van der Waals surface area contributed by atoms with Crippen molar-refractivity contribution in [3.63, 3.8) is 0 Å². The van der Waals surface area contributed by atoms with E-state index >= 15 is 0 Å². The highest BCUT2D eigenvalue weighted by molar-refractivity contribution is 5.88. The van der Waals surface area contributed by atoms with Crippen molar-refractivity contribution >= 4 is 11.6 Å². The number of amides is 1. The van der Waals surface area contributed by atoms with Gasteiger partial charge < -0.3 is 10.1 Å². The van der Waals surface area contributed by atoms with Crippen LogP contribution in [-0.4, -0.2) is 12.5 Å². The van der Waals surface area contributed by atoms with Crippen LogP contribution in [-0.2, 0) is 4.79 Å². The van der Waals surface area contributed by atoms with Gasteiger partial charge in [-0.25, -0.2) is 0 Å². The van der Waals surface area contributed by atoms with Gasteiger partial charge in [-0.2, -0.15) is 0 Å². The monoisotopic (exact) mass is 182 g/mol. The Morgan fingerprint density at radius 3 is 2.77 bits per heavy atom. The number of hydrogen-bond donors (Lipinski definition) is 1. The molecule has 1 aromatic carbocycles. The van der Waals surface area contributed by atoms with Crippen molar-refractivity contribution in [2.75, 3.05) is 11.9 Å². The predicted molar refractivity (Wildman–Crippen MR) is 51.9 cm³/mol. The van der Waals surface area contributed by atoms with E-state index in [1.165, 1.54) is 0 Å². The van der Waals surface area contributed by atoms with E-state index in [-0.39, 0.29) is 0 Å². The van der Waals surface area contributed by atoms with Crippen molar-refractivity contribution in [3.05, 3.63) is 24.3 Å². The number of hydrogen-bond acceptors (Lipinski definition) is 2. The molecule has 0 unspecified atom stereocenters. The Morgan fingerprint density at radius 1 is 1.54 bits per heavy atom. The fraction of sp³-hybridized carbons (Fsp3) is 0.300. The van der Waals surface area contributed by atoms with E-state index in [1.807, 2.05) is 6.92 Å². The molecular formula is C10H13NO2. The average Bonchev–Trinajstić information content (AvgIpc) is 2.20. The lowest BCUT2D eigenvalue weighted by molar-refractivity contribution is -0.114. The van der Waals surface area contributed by atoms with E-state index in [2.05, 4.69) is 5.32 Å². The minimum absolute atomic E-state index is 0.435. The number of rotatable bonds is 3. The van der Waals surface area contributed by atoms with Gasteiger partial charge >= 0.3 is 0 Å². The summed E-state index contributed by atoms with van der Waals surface area (Å²) in [6, 6.07) is 6.51. The standard InChI is InChI=1S/C10H13NO2/c1-3-13-10-6-4-9(5-7-10)11-8(2)12/h4-7H,3H2,1-2H3,(H,11,12)/i2D3. The van der Waals surface area contributed by atoms with E-state index < -0.39 is 12.8 Å². The first-order valence-corrected chi connectivity index (χ1v) is 3.98. The number of carbonyl (C=O) groups excluding carboxylic acids is 1. The third-order valence-corrected chi connectivity index (χ3v) is 1.42. The van der Waals surface area contributed by atoms with Crippen LogP contribution in [0, 0.1) is 0 Å². The Balaban J connectivity index is 2.65. The van der Waals surface area contributed by atoms with E-state index in [0.717, 1.165) is 0 Å². The molecule has 0 aliphatic carbocycles. The fourth-order valence-electron chi connectivity index (χ4n) is 0.932. The zero-order valence-electron chi connectivity index (χ0n) is 10.3. The van der Waals surface area contributed by atoms with Gasteiger partial charge in [0.15, 0.2) is 0 Å². The summed E-state index contributed by atoms with van der Waals surface area (Å²) in [6.45, 7) is -0.204. The lowest BCUT2D eigenvalue weighted by Crippen LogP contribution is -2.05. The second-order valence-electron chi connectivity index (χ2n) is 2.41. The largest absolute Gasteiger partial charge is 0.494 e. The first-order chi connectivity index (χ1) is 7.43. The van der Waals surface area contributed by atoms with Crippen molar-refractivity contribution in [2.24, 2.45) is 0 Å². The Bertz CT molecular complexity index is 359. The second-order valence-corrected chi connectivity index (χ2v) is 2.41. The molecule has 3 heteroatoms. The molecule has 0 atom stereocenters. The van der Waals surface area contributed by atoms with Gasteiger partial charge in [0.2, 0.25) is 5.91 Å². The maximum atomic E-state index is 11.1. The SMILES string of the molecule is [2H]C([2H])([2H])C(=O)Nc1ccc(OCC)cc1. The number of ether oxygens (including phenoxy) is 1. The molecule has 0 spiro atoms. The van der Waals surface area contributed by atoms with Crippen LogP contribution in [0.3, 0.4) is 0 Å². The molecule has 1 rings (SSSR count). The van der Waals surface area contributed by atoms with Crippen LogP contribution in [0.2, 0.25) is 0 Å². The number of anilines is 1. The molecule has 0 saturated heterocycles. The van der Waals surface area contributed by atoms with Crippen molar-refractivity contribution < 1.29 is 13.6 Å². The Hall–Kier alpha value is -1.51. The smallest absolute Gasteiger partial charge is 0.221 e. The maximum absolute atomic E-state index is 11.1. The quantitative estimate of drug-likeness (QED) is 0.776. The van der Waals surface area contributed by atoms with Crippen molar-refractivity contribution in [2.45, 2.75) is 13.8 Å². The van der Waals surface area contributed by atoms with E-state index in [4.69, 9.17) is 8.85 Å². The Labute approximate surface area is 81.9 Å². The molecule has 1 amide bonds. The predicted octanol–water partition coefficient (Wildman–Crippen LogP) is 2.04. The summed E-state index contributed by atoms with van der Waals surface area (Å²) >= 11 is 0. The minimum atomic E-state index is -2.63. The third-order valence-electron chi connectivity index (χ3n) is 1.42. The number of carbonyl (C=O) groups is 1. The normalized spacial score (nSPS) is 13.8. The molecular weight excluding hydrogens is 166 g/mol. The van der Waals surface area contributed by atoms with Gasteiger partial charge in [0.25, 0.3) is 0 Å². The van der Waals surface area contributed by atoms with Crippen LogP contribution in [0.25, 0.3) is 0 Å². The molecule has 0 bridgehead atoms. The lowest BCUT2D eigenvalue weighted by atomic mass is 10.3. The van der Waals surface area contributed by atoms with Crippen molar-refractivity contribution in [1.82, 2.24) is 0 Å². The molecule has 0 aliphatic rings. The summed E-state index contributed by atoms with van der Waals surface area (Å²) in [6.07, 6.45) is 0. The lowest BCUT2D eigenvalue weighted by Gasteiger charge is -2.04. The summed E-state index contributed by atoms with van der Waals surface area (Å²) in [5, 5.41) is 2.29. The summed E-state index contributed by atoms with van der Waals surface area (Å²) in [4.78, 5) is 11.1. The first kappa shape index (κ1) is 6.02. The summed E-state index contributed by atoms with van der Waals surface area (Å²) < 4.78 is 25.9. The Morgan fingerprint density at radius 2 is 2.23 bits per heavy atom. The fourth-order valence-corrected chi connectivity index (χ4v) is 0.932. The third kappa shape index (κ3) is 3.15. The van der Waals surface area contributed by atoms with Gasteiger partial charge in [-0.1, -0.05) is 0 Å². The topological polar surface area (TPSA) is 38.3 Å². The molecule has 1 N–H and O–H groups in total. The zero-order valence-corrected chi connectivity index (χ0v) is 7.33. The van der Waals surface area contributed by atoms with Gasteiger partial charge in [-0.15, -0.1) is 0 Å². The minimum Gasteiger partial charge on any atom is -0.494 e. The van der Waals surface area contributed by atoms with Crippen molar-refractivity contribution in [3.8, 4) is 5.75 Å². The first-order valence-electron chi connectivity index (χ1n) is 5.48. The second kappa shape index (κ2) is 4.50. The van der Waals surface area contributed by atoms with E-state index in [0.29, 0.717) is 18.0 Å². The van der Waals surface area contributed by atoms with Crippen LogP contribution in [0.1, 0.15) is 17.9 Å². The van der Waals surface area contributed by atoms with Crippen molar-refractivity contribution in [1.29, 1.82) is 0 Å². The molecule has 0 saturated carbocycles. The molecule has 13 heavy (non-hydrogen) atoms. The van der Waals surface area contributed by atoms with Gasteiger partial charge in [0.1, 0.15) is 5.75 Å². The van der Waals surface area contributed by atoms with E-state index in [9.17, 15) is 4.79 Å². The highest BCUT2D eigenvalue weighted by Gasteiger charge is 1.95. The summed E-state index contributed by atoms with van der Waals surface area (Å²) in [7, 11) is 0. The molecule has 1 aromatic rings. The number of benzene rings is 1.